The van der Waals surface area contributed by atoms with Gasteiger partial charge in [0.1, 0.15) is 13.2 Å². The Bertz CT molecular complexity index is 1310. The van der Waals surface area contributed by atoms with E-state index in [-0.39, 0.29) is 31.1 Å². The molecule has 0 aromatic rings. The first-order chi connectivity index (χ1) is 37.5. The summed E-state index contributed by atoms with van der Waals surface area (Å²) >= 11 is 0. The SMILES string of the molecule is CCCCCCC/C=C\C/C=C\C/C=C\CCCCCCCCCCCCC(=O)OCC(COC(=O)CCCCCCCCCCCCCCCCC)OC(=O)CCCCCCCCC/C=C\CCCCCCCCC. The van der Waals surface area contributed by atoms with Crippen molar-refractivity contribution in [2.75, 3.05) is 13.2 Å². The smallest absolute Gasteiger partial charge is 0.306 e. The average molecular weight is 1070 g/mol. The van der Waals surface area contributed by atoms with E-state index in [2.05, 4.69) is 69.4 Å². The minimum atomic E-state index is -0.776. The highest BCUT2D eigenvalue weighted by atomic mass is 16.6. The van der Waals surface area contributed by atoms with Gasteiger partial charge in [-0.05, 0) is 83.5 Å². The van der Waals surface area contributed by atoms with Crippen molar-refractivity contribution >= 4 is 17.9 Å². The summed E-state index contributed by atoms with van der Waals surface area (Å²) in [5.74, 6) is -0.857. The molecule has 0 saturated carbocycles. The van der Waals surface area contributed by atoms with Gasteiger partial charge in [-0.1, -0.05) is 307 Å². The fraction of sp³-hybridized carbons (Fsp3) is 0.843. The number of carbonyl (C=O) groups excluding carboxylic acids is 3. The number of allylic oxidation sites excluding steroid dienone is 8. The largest absolute Gasteiger partial charge is 0.462 e. The molecule has 0 aliphatic heterocycles. The lowest BCUT2D eigenvalue weighted by molar-refractivity contribution is -0.167. The van der Waals surface area contributed by atoms with E-state index in [1.54, 1.807) is 0 Å². The molecule has 1 unspecified atom stereocenters. The van der Waals surface area contributed by atoms with Crippen LogP contribution < -0.4 is 0 Å². The minimum absolute atomic E-state index is 0.0718. The summed E-state index contributed by atoms with van der Waals surface area (Å²) in [6.45, 7) is 6.68. The molecule has 0 N–H and O–H groups in total. The van der Waals surface area contributed by atoms with Crippen molar-refractivity contribution in [2.45, 2.75) is 367 Å². The highest BCUT2D eigenvalue weighted by Crippen LogP contribution is 2.17. The van der Waals surface area contributed by atoms with E-state index in [9.17, 15) is 14.4 Å². The minimum Gasteiger partial charge on any atom is -0.462 e. The lowest BCUT2D eigenvalue weighted by Crippen LogP contribution is -2.30. The third-order valence-electron chi connectivity index (χ3n) is 15.1. The number of ether oxygens (including phenoxy) is 3. The number of esters is 3. The van der Waals surface area contributed by atoms with Gasteiger partial charge >= 0.3 is 17.9 Å². The highest BCUT2D eigenvalue weighted by Gasteiger charge is 2.19. The van der Waals surface area contributed by atoms with Crippen molar-refractivity contribution in [3.8, 4) is 0 Å². The van der Waals surface area contributed by atoms with E-state index in [4.69, 9.17) is 14.2 Å². The summed E-state index contributed by atoms with van der Waals surface area (Å²) in [7, 11) is 0. The molecule has 0 spiro atoms. The number of hydrogen-bond acceptors (Lipinski definition) is 6. The van der Waals surface area contributed by atoms with Gasteiger partial charge in [-0.3, -0.25) is 14.4 Å². The van der Waals surface area contributed by atoms with Gasteiger partial charge in [0.2, 0.25) is 0 Å². The number of hydrogen-bond donors (Lipinski definition) is 0. The molecule has 1 atom stereocenters. The second-order valence-electron chi connectivity index (χ2n) is 22.7. The summed E-state index contributed by atoms with van der Waals surface area (Å²) in [4.78, 5) is 38.4. The van der Waals surface area contributed by atoms with Crippen LogP contribution in [0.1, 0.15) is 361 Å². The molecule has 0 aliphatic carbocycles. The van der Waals surface area contributed by atoms with Crippen LogP contribution in [-0.4, -0.2) is 37.2 Å². The van der Waals surface area contributed by atoms with Gasteiger partial charge in [0, 0.05) is 19.3 Å². The summed E-state index contributed by atoms with van der Waals surface area (Å²) < 4.78 is 17.0. The van der Waals surface area contributed by atoms with Crippen LogP contribution >= 0.6 is 0 Å². The molecule has 0 fully saturated rings. The van der Waals surface area contributed by atoms with Crippen LogP contribution in [0.4, 0.5) is 0 Å². The third kappa shape index (κ3) is 62.2. The van der Waals surface area contributed by atoms with E-state index in [1.165, 1.54) is 250 Å². The Morgan fingerprint density at radius 2 is 0.474 bits per heavy atom. The van der Waals surface area contributed by atoms with Crippen LogP contribution in [0, 0.1) is 0 Å². The summed E-state index contributed by atoms with van der Waals surface area (Å²) in [6, 6.07) is 0. The zero-order valence-electron chi connectivity index (χ0n) is 51.0. The number of unbranched alkanes of at least 4 members (excludes halogenated alkanes) is 43. The quantitative estimate of drug-likeness (QED) is 0.0261. The van der Waals surface area contributed by atoms with Crippen molar-refractivity contribution in [3.05, 3.63) is 48.6 Å². The predicted octanol–water partition coefficient (Wildman–Crippen LogP) is 22.9. The summed E-state index contributed by atoms with van der Waals surface area (Å²) in [5, 5.41) is 0. The van der Waals surface area contributed by atoms with Crippen LogP contribution in [0.2, 0.25) is 0 Å². The maximum Gasteiger partial charge on any atom is 0.306 e. The van der Waals surface area contributed by atoms with Gasteiger partial charge in [0.25, 0.3) is 0 Å². The Balaban J connectivity index is 4.31. The molecule has 0 bridgehead atoms. The second kappa shape index (κ2) is 64.9. The van der Waals surface area contributed by atoms with Crippen LogP contribution in [-0.2, 0) is 28.6 Å². The van der Waals surface area contributed by atoms with E-state index < -0.39 is 6.10 Å². The Morgan fingerprint density at radius 1 is 0.263 bits per heavy atom. The molecule has 0 aromatic carbocycles. The maximum atomic E-state index is 12.9. The molecule has 0 radical (unpaired) electrons. The lowest BCUT2D eigenvalue weighted by Gasteiger charge is -2.18. The van der Waals surface area contributed by atoms with Crippen molar-refractivity contribution in [3.63, 3.8) is 0 Å². The van der Waals surface area contributed by atoms with E-state index >= 15 is 0 Å². The van der Waals surface area contributed by atoms with E-state index in [1.807, 2.05) is 0 Å². The van der Waals surface area contributed by atoms with Gasteiger partial charge in [-0.25, -0.2) is 0 Å². The Labute approximate surface area is 473 Å². The molecule has 0 aliphatic rings. The van der Waals surface area contributed by atoms with Gasteiger partial charge in [-0.15, -0.1) is 0 Å². The second-order valence-corrected chi connectivity index (χ2v) is 22.7. The first-order valence-corrected chi connectivity index (χ1v) is 33.6. The number of rotatable bonds is 62. The molecule has 0 amide bonds. The van der Waals surface area contributed by atoms with Crippen molar-refractivity contribution < 1.29 is 28.6 Å². The van der Waals surface area contributed by atoms with Crippen LogP contribution in [0.15, 0.2) is 48.6 Å². The molecule has 0 saturated heterocycles. The van der Waals surface area contributed by atoms with Gasteiger partial charge in [0.15, 0.2) is 6.10 Å². The average Bonchev–Trinajstić information content (AvgIpc) is 3.42. The van der Waals surface area contributed by atoms with Gasteiger partial charge in [-0.2, -0.15) is 0 Å². The zero-order valence-corrected chi connectivity index (χ0v) is 51.0. The molecule has 6 heteroatoms. The highest BCUT2D eigenvalue weighted by molar-refractivity contribution is 5.71. The molecule has 0 aromatic heterocycles. The van der Waals surface area contributed by atoms with Crippen molar-refractivity contribution in [1.82, 2.24) is 0 Å². The maximum absolute atomic E-state index is 12.9. The first kappa shape index (κ1) is 73.4. The molecular formula is C70H128O6. The predicted molar refractivity (Wildman–Crippen MR) is 330 cm³/mol. The van der Waals surface area contributed by atoms with E-state index in [0.717, 1.165) is 70.6 Å². The van der Waals surface area contributed by atoms with Crippen molar-refractivity contribution in [1.29, 1.82) is 0 Å². The fourth-order valence-electron chi connectivity index (χ4n) is 9.98. The summed E-state index contributed by atoms with van der Waals surface area (Å²) in [5.41, 5.74) is 0. The first-order valence-electron chi connectivity index (χ1n) is 33.6. The molecule has 444 valence electrons. The molecule has 6 nitrogen and oxygen atoms in total. The fourth-order valence-corrected chi connectivity index (χ4v) is 9.98. The lowest BCUT2D eigenvalue weighted by atomic mass is 10.0. The monoisotopic (exact) mass is 1060 g/mol. The standard InChI is InChI=1S/C70H128O6/c1-4-7-10-13-16-19-22-25-28-30-32-33-34-35-36-37-38-40-42-45-48-51-54-57-60-63-69(72)75-66-67(65-74-68(71)62-59-56-53-50-47-44-41-27-24-21-18-15-12-9-6-3)76-70(73)64-61-58-55-52-49-46-43-39-31-29-26-23-20-17-14-11-8-5-2/h22,25,29-32,34-35,67H,4-21,23-24,26-28,33,36-66H2,1-3H3/b25-22-,31-29-,32-30-,35-34-. The normalized spacial score (nSPS) is 12.3. The van der Waals surface area contributed by atoms with Crippen LogP contribution in [0.25, 0.3) is 0 Å². The Kier molecular flexibility index (Phi) is 62.6. The zero-order chi connectivity index (χ0) is 55.0. The Hall–Kier alpha value is -2.63. The number of carbonyl (C=O) groups is 3. The van der Waals surface area contributed by atoms with E-state index in [0.29, 0.717) is 19.3 Å². The molecular weight excluding hydrogens is 937 g/mol. The molecule has 76 heavy (non-hydrogen) atoms. The molecule has 0 heterocycles. The van der Waals surface area contributed by atoms with Crippen LogP contribution in [0.3, 0.4) is 0 Å². The molecule has 0 rings (SSSR count). The van der Waals surface area contributed by atoms with Gasteiger partial charge < -0.3 is 14.2 Å². The van der Waals surface area contributed by atoms with Gasteiger partial charge in [0.05, 0.1) is 0 Å². The third-order valence-corrected chi connectivity index (χ3v) is 15.1. The summed E-state index contributed by atoms with van der Waals surface area (Å²) in [6.07, 6.45) is 81.2. The Morgan fingerprint density at radius 3 is 0.750 bits per heavy atom. The van der Waals surface area contributed by atoms with Crippen molar-refractivity contribution in [2.24, 2.45) is 0 Å². The topological polar surface area (TPSA) is 78.9 Å². The van der Waals surface area contributed by atoms with Crippen LogP contribution in [0.5, 0.6) is 0 Å².